The minimum atomic E-state index is 0. The molecule has 1 aromatic carbocycles. The van der Waals surface area contributed by atoms with Gasteiger partial charge in [-0.1, -0.05) is 36.7 Å². The summed E-state index contributed by atoms with van der Waals surface area (Å²) >= 11 is 0. The van der Waals surface area contributed by atoms with Gasteiger partial charge in [-0.3, -0.25) is 0 Å². The number of rotatable bonds is 0. The average Bonchev–Trinajstić information content (AvgIpc) is 2.36. The van der Waals surface area contributed by atoms with Crippen molar-refractivity contribution in [2.75, 3.05) is 0 Å². The Hall–Kier alpha value is -0.266. The van der Waals surface area contributed by atoms with Gasteiger partial charge in [0.05, 0.1) is 0 Å². The number of fused-ring (bicyclic) bond motifs is 1. The van der Waals surface area contributed by atoms with Crippen molar-refractivity contribution in [3.8, 4) is 0 Å². The Morgan fingerprint density at radius 1 is 0.889 bits per heavy atom. The molecule has 2 aromatic rings. The Kier molecular flexibility index (Phi) is 7.25. The number of pyridine rings is 1. The Labute approximate surface area is 136 Å². The summed E-state index contributed by atoms with van der Waals surface area (Å²) in [5, 5.41) is 1.18. The average molecular weight is 316 g/mol. The van der Waals surface area contributed by atoms with Crippen LogP contribution in [0.3, 0.4) is 0 Å². The molecule has 0 unspecified atom stereocenters. The number of hydrogen-bond donors (Lipinski definition) is 0. The molecule has 1 heterocycles. The first-order chi connectivity index (χ1) is 8.02. The van der Waals surface area contributed by atoms with Crippen molar-refractivity contribution < 1.29 is 32.7 Å². The standard InChI is InChI=1S/C14H16N.C2H5.Y/c1-8-6-13-11(4)9(2)10(3)12(5)14(13)15-7-8;1-2;/h7H,1-5H3;1H2,2H3;/q2*-1;. The normalized spacial score (nSPS) is 9.50. The summed E-state index contributed by atoms with van der Waals surface area (Å²) in [6.45, 7) is 15.7. The monoisotopic (exact) mass is 316 g/mol. The Bertz CT molecular complexity index is 545. The molecule has 95 valence electrons. The van der Waals surface area contributed by atoms with Gasteiger partial charge < -0.3 is 11.9 Å². The van der Waals surface area contributed by atoms with Gasteiger partial charge in [-0.25, -0.2) is 0 Å². The summed E-state index contributed by atoms with van der Waals surface area (Å²) in [5.41, 5.74) is 7.51. The molecular weight excluding hydrogens is 295 g/mol. The van der Waals surface area contributed by atoms with Crippen molar-refractivity contribution in [2.45, 2.75) is 41.5 Å². The van der Waals surface area contributed by atoms with Crippen LogP contribution in [0.2, 0.25) is 0 Å². The van der Waals surface area contributed by atoms with Crippen molar-refractivity contribution in [2.24, 2.45) is 0 Å². The van der Waals surface area contributed by atoms with E-state index in [-0.39, 0.29) is 32.7 Å². The minimum Gasteiger partial charge on any atom is -0.352 e. The summed E-state index contributed by atoms with van der Waals surface area (Å²) in [4.78, 5) is 4.51. The molecule has 0 fully saturated rings. The van der Waals surface area contributed by atoms with E-state index >= 15 is 0 Å². The zero-order chi connectivity index (χ0) is 13.2. The predicted octanol–water partition coefficient (Wildman–Crippen LogP) is 4.41. The zero-order valence-electron chi connectivity index (χ0n) is 12.3. The second-order valence-electron chi connectivity index (χ2n) is 4.29. The molecule has 0 atom stereocenters. The molecule has 0 aliphatic heterocycles. The van der Waals surface area contributed by atoms with Crippen molar-refractivity contribution in [3.05, 3.63) is 47.0 Å². The first-order valence-corrected chi connectivity index (χ1v) is 5.98. The van der Waals surface area contributed by atoms with Crippen LogP contribution in [-0.4, -0.2) is 4.98 Å². The minimum absolute atomic E-state index is 0. The maximum atomic E-state index is 4.51. The first kappa shape index (κ1) is 17.7. The third kappa shape index (κ3) is 3.19. The van der Waals surface area contributed by atoms with Gasteiger partial charge >= 0.3 is 0 Å². The molecule has 0 saturated heterocycles. The number of nitrogens with zero attached hydrogens (tertiary/aromatic N) is 1. The summed E-state index contributed by atoms with van der Waals surface area (Å²) in [5.74, 6) is 0. The first-order valence-electron chi connectivity index (χ1n) is 5.98. The summed E-state index contributed by atoms with van der Waals surface area (Å²) in [7, 11) is 0. The van der Waals surface area contributed by atoms with Crippen LogP contribution in [0.1, 0.15) is 34.7 Å². The molecule has 1 aromatic heterocycles. The summed E-state index contributed by atoms with van der Waals surface area (Å²) in [6.07, 6.45) is 1.89. The van der Waals surface area contributed by atoms with Crippen molar-refractivity contribution >= 4 is 10.9 Å². The van der Waals surface area contributed by atoms with Crippen molar-refractivity contribution in [3.63, 3.8) is 0 Å². The summed E-state index contributed by atoms with van der Waals surface area (Å²) < 4.78 is 0. The third-order valence-corrected chi connectivity index (χ3v) is 3.36. The molecule has 1 radical (unpaired) electrons. The van der Waals surface area contributed by atoms with Gasteiger partial charge in [0.25, 0.3) is 0 Å². The van der Waals surface area contributed by atoms with E-state index in [1.807, 2.05) is 13.1 Å². The Morgan fingerprint density at radius 3 is 1.94 bits per heavy atom. The SMILES string of the molecule is Cc1[c-]c2c(C)c(C)c(C)c(C)c2nc1.[CH2-]C.[Y]. The van der Waals surface area contributed by atoms with Crippen LogP contribution in [0.5, 0.6) is 0 Å². The van der Waals surface area contributed by atoms with Crippen LogP contribution in [0.15, 0.2) is 6.20 Å². The Balaban J connectivity index is 0.000000917. The van der Waals surface area contributed by atoms with E-state index in [1.165, 1.54) is 27.6 Å². The van der Waals surface area contributed by atoms with E-state index in [0.717, 1.165) is 11.1 Å². The van der Waals surface area contributed by atoms with Crippen LogP contribution in [0, 0.1) is 47.6 Å². The largest absolute Gasteiger partial charge is 0.352 e. The number of aromatic nitrogens is 1. The van der Waals surface area contributed by atoms with Crippen molar-refractivity contribution in [1.82, 2.24) is 4.98 Å². The van der Waals surface area contributed by atoms with Gasteiger partial charge in [-0.2, -0.15) is 6.92 Å². The molecule has 0 aliphatic carbocycles. The molecule has 0 amide bonds. The van der Waals surface area contributed by atoms with E-state index in [4.69, 9.17) is 0 Å². The number of hydrogen-bond acceptors (Lipinski definition) is 1. The van der Waals surface area contributed by atoms with Gasteiger partial charge in [0.1, 0.15) is 0 Å². The molecule has 0 aliphatic rings. The van der Waals surface area contributed by atoms with E-state index in [9.17, 15) is 0 Å². The van der Waals surface area contributed by atoms with Gasteiger partial charge in [0.15, 0.2) is 0 Å². The molecule has 0 bridgehead atoms. The van der Waals surface area contributed by atoms with Crippen LogP contribution < -0.4 is 0 Å². The molecule has 0 saturated carbocycles. The van der Waals surface area contributed by atoms with E-state index in [2.05, 4.69) is 45.7 Å². The van der Waals surface area contributed by atoms with Gasteiger partial charge in [-0.15, -0.1) is 22.6 Å². The fourth-order valence-corrected chi connectivity index (χ4v) is 2.00. The maximum absolute atomic E-state index is 4.51. The zero-order valence-corrected chi connectivity index (χ0v) is 15.1. The second-order valence-corrected chi connectivity index (χ2v) is 4.29. The van der Waals surface area contributed by atoms with Crippen LogP contribution in [0.25, 0.3) is 10.9 Å². The van der Waals surface area contributed by atoms with E-state index < -0.39 is 0 Å². The van der Waals surface area contributed by atoms with E-state index in [1.54, 1.807) is 6.92 Å². The third-order valence-electron chi connectivity index (χ3n) is 3.36. The van der Waals surface area contributed by atoms with Gasteiger partial charge in [0, 0.05) is 32.7 Å². The maximum Gasteiger partial charge on any atom is 0 e. The molecule has 0 N–H and O–H groups in total. The number of benzene rings is 1. The van der Waals surface area contributed by atoms with E-state index in [0.29, 0.717) is 0 Å². The molecular formula is C16H21NY-2. The van der Waals surface area contributed by atoms with Crippen molar-refractivity contribution in [1.29, 1.82) is 0 Å². The van der Waals surface area contributed by atoms with Crippen LogP contribution in [0.4, 0.5) is 0 Å². The number of aryl methyl sites for hydroxylation is 3. The molecule has 1 nitrogen and oxygen atoms in total. The predicted molar refractivity (Wildman–Crippen MR) is 75.3 cm³/mol. The van der Waals surface area contributed by atoms with Gasteiger partial charge in [-0.05, 0) is 26.3 Å². The Morgan fingerprint density at radius 2 is 1.39 bits per heavy atom. The fraction of sp³-hybridized carbons (Fsp3) is 0.375. The van der Waals surface area contributed by atoms with Crippen LogP contribution in [-0.2, 0) is 32.7 Å². The molecule has 2 rings (SSSR count). The quantitative estimate of drug-likeness (QED) is 0.656. The fourth-order valence-electron chi connectivity index (χ4n) is 2.00. The molecule has 0 spiro atoms. The summed E-state index contributed by atoms with van der Waals surface area (Å²) in [6, 6.07) is 3.40. The molecule has 2 heteroatoms. The topological polar surface area (TPSA) is 12.9 Å². The van der Waals surface area contributed by atoms with Crippen LogP contribution >= 0.6 is 0 Å². The smallest absolute Gasteiger partial charge is 0 e. The molecule has 18 heavy (non-hydrogen) atoms. The van der Waals surface area contributed by atoms with Gasteiger partial charge in [0.2, 0.25) is 0 Å². The second kappa shape index (κ2) is 7.35.